The molecule has 0 aliphatic carbocycles. The Morgan fingerprint density at radius 2 is 1.94 bits per heavy atom. The van der Waals surface area contributed by atoms with Crippen molar-refractivity contribution in [3.05, 3.63) is 98.3 Å². The molecule has 0 atom stereocenters. The van der Waals surface area contributed by atoms with Crippen molar-refractivity contribution in [2.75, 3.05) is 7.11 Å². The molecule has 8 heteroatoms. The molecule has 164 valence electrons. The highest BCUT2D eigenvalue weighted by Gasteiger charge is 2.12. The average molecular weight is 458 g/mol. The maximum atomic E-state index is 13.0. The molecule has 7 nitrogen and oxygen atoms in total. The summed E-state index contributed by atoms with van der Waals surface area (Å²) in [6.45, 7) is 0.195. The van der Waals surface area contributed by atoms with E-state index in [1.807, 2.05) is 30.3 Å². The van der Waals surface area contributed by atoms with Gasteiger partial charge >= 0.3 is 5.97 Å². The summed E-state index contributed by atoms with van der Waals surface area (Å²) in [6, 6.07) is 19.5. The summed E-state index contributed by atoms with van der Waals surface area (Å²) in [6.07, 6.45) is 1.80. The molecular weight excluding hydrogens is 440 g/mol. The van der Waals surface area contributed by atoms with Crippen LogP contribution in [0, 0.1) is 0 Å². The van der Waals surface area contributed by atoms with Crippen molar-refractivity contribution in [1.29, 1.82) is 0 Å². The lowest BCUT2D eigenvalue weighted by atomic mass is 10.1. The molecule has 0 bridgehead atoms. The third kappa shape index (κ3) is 3.92. The summed E-state index contributed by atoms with van der Waals surface area (Å²) < 4.78 is 13.5. The van der Waals surface area contributed by atoms with Crippen LogP contribution in [0.15, 0.2) is 71.5 Å². The highest BCUT2D eigenvalue weighted by Crippen LogP contribution is 2.29. The number of imidazole rings is 1. The van der Waals surface area contributed by atoms with E-state index in [-0.39, 0.29) is 17.7 Å². The zero-order chi connectivity index (χ0) is 22.9. The Labute approximate surface area is 191 Å². The number of nitrogens with zero attached hydrogens (tertiary/aromatic N) is 2. The number of carbonyl (C=O) groups is 1. The van der Waals surface area contributed by atoms with Crippen LogP contribution in [0.1, 0.15) is 21.5 Å². The Kier molecular flexibility index (Phi) is 5.27. The molecule has 0 fully saturated rings. The lowest BCUT2D eigenvalue weighted by Crippen LogP contribution is -2.22. The van der Waals surface area contributed by atoms with Gasteiger partial charge in [-0.15, -0.1) is 0 Å². The van der Waals surface area contributed by atoms with Gasteiger partial charge in [-0.1, -0.05) is 41.7 Å². The largest absolute Gasteiger partial charge is 0.493 e. The predicted molar refractivity (Wildman–Crippen MR) is 126 cm³/mol. The molecule has 5 rings (SSSR count). The van der Waals surface area contributed by atoms with E-state index in [0.29, 0.717) is 21.0 Å². The Hall–Kier alpha value is -4.17. The summed E-state index contributed by atoms with van der Waals surface area (Å²) in [5.41, 5.74) is 3.21. The van der Waals surface area contributed by atoms with Gasteiger partial charge in [0, 0.05) is 0 Å². The first-order valence-electron chi connectivity index (χ1n) is 10.1. The van der Waals surface area contributed by atoms with Gasteiger partial charge in [0.25, 0.3) is 5.56 Å². The smallest absolute Gasteiger partial charge is 0.335 e. The Morgan fingerprint density at radius 1 is 1.09 bits per heavy atom. The van der Waals surface area contributed by atoms with E-state index < -0.39 is 5.97 Å². The van der Waals surface area contributed by atoms with Crippen LogP contribution >= 0.6 is 11.3 Å². The molecule has 0 saturated carbocycles. The van der Waals surface area contributed by atoms with Crippen molar-refractivity contribution in [2.45, 2.75) is 6.61 Å². The molecule has 0 amide bonds. The summed E-state index contributed by atoms with van der Waals surface area (Å²) in [7, 11) is 1.54. The van der Waals surface area contributed by atoms with Gasteiger partial charge in [0.2, 0.25) is 0 Å². The van der Waals surface area contributed by atoms with Crippen molar-refractivity contribution < 1.29 is 19.4 Å². The molecule has 2 heterocycles. The van der Waals surface area contributed by atoms with Crippen molar-refractivity contribution in [3.8, 4) is 11.5 Å². The monoisotopic (exact) mass is 458 g/mol. The standard InChI is InChI=1S/C25H18N2O5S/c1-31-21-12-15(9-10-20(21)32-14-16-5-4-6-17(11-16)24(29)30)13-22-23(28)27-19-8-3-2-7-18(19)26-25(27)33-22/h2-13H,14H2,1H3,(H,29,30)/b22-13+. The minimum atomic E-state index is -0.985. The quantitative estimate of drug-likeness (QED) is 0.417. The lowest BCUT2D eigenvalue weighted by Gasteiger charge is -2.11. The molecule has 1 N–H and O–H groups in total. The Balaban J connectivity index is 1.44. The fourth-order valence-corrected chi connectivity index (χ4v) is 4.60. The molecular formula is C25H18N2O5S. The first kappa shape index (κ1) is 20.7. The lowest BCUT2D eigenvalue weighted by molar-refractivity contribution is 0.0696. The third-order valence-electron chi connectivity index (χ3n) is 5.20. The predicted octanol–water partition coefficient (Wildman–Crippen LogP) is 3.74. The van der Waals surface area contributed by atoms with E-state index in [2.05, 4.69) is 4.98 Å². The molecule has 33 heavy (non-hydrogen) atoms. The van der Waals surface area contributed by atoms with E-state index in [1.54, 1.807) is 47.9 Å². The SMILES string of the molecule is COc1cc(/C=c2/sc3nc4ccccc4n3c2=O)ccc1OCc1cccc(C(=O)O)c1. The van der Waals surface area contributed by atoms with Crippen molar-refractivity contribution in [1.82, 2.24) is 9.38 Å². The third-order valence-corrected chi connectivity index (χ3v) is 6.17. The van der Waals surface area contributed by atoms with E-state index in [1.165, 1.54) is 17.4 Å². The minimum absolute atomic E-state index is 0.110. The number of aromatic nitrogens is 2. The second-order valence-electron chi connectivity index (χ2n) is 7.34. The van der Waals surface area contributed by atoms with Gasteiger partial charge in [0.15, 0.2) is 16.5 Å². The maximum absolute atomic E-state index is 13.0. The van der Waals surface area contributed by atoms with Crippen LogP contribution in [0.4, 0.5) is 0 Å². The Bertz CT molecular complexity index is 1620. The first-order chi connectivity index (χ1) is 16.0. The maximum Gasteiger partial charge on any atom is 0.335 e. The van der Waals surface area contributed by atoms with Crippen LogP contribution in [0.25, 0.3) is 22.1 Å². The van der Waals surface area contributed by atoms with Gasteiger partial charge in [-0.2, -0.15) is 0 Å². The normalized spacial score (nSPS) is 11.8. The minimum Gasteiger partial charge on any atom is -0.493 e. The van der Waals surface area contributed by atoms with Gasteiger partial charge in [0.1, 0.15) is 6.61 Å². The number of hydrogen-bond acceptors (Lipinski definition) is 6. The zero-order valence-electron chi connectivity index (χ0n) is 17.5. The number of rotatable bonds is 6. The second-order valence-corrected chi connectivity index (χ2v) is 8.35. The van der Waals surface area contributed by atoms with Gasteiger partial charge < -0.3 is 14.6 Å². The number of fused-ring (bicyclic) bond motifs is 3. The number of aromatic carboxylic acids is 1. The molecule has 3 aromatic carbocycles. The van der Waals surface area contributed by atoms with Crippen LogP contribution in [0.2, 0.25) is 0 Å². The number of benzene rings is 3. The van der Waals surface area contributed by atoms with Gasteiger partial charge in [-0.3, -0.25) is 4.79 Å². The van der Waals surface area contributed by atoms with E-state index in [0.717, 1.165) is 22.2 Å². The fraction of sp³-hybridized carbons (Fsp3) is 0.0800. The van der Waals surface area contributed by atoms with E-state index in [9.17, 15) is 9.59 Å². The van der Waals surface area contributed by atoms with Crippen LogP contribution in [-0.2, 0) is 6.61 Å². The molecule has 0 saturated heterocycles. The van der Waals surface area contributed by atoms with Crippen LogP contribution in [0.5, 0.6) is 11.5 Å². The number of ether oxygens (including phenoxy) is 2. The fourth-order valence-electron chi connectivity index (χ4n) is 3.61. The van der Waals surface area contributed by atoms with Crippen LogP contribution in [0.3, 0.4) is 0 Å². The second kappa shape index (κ2) is 8.40. The molecule has 0 unspecified atom stereocenters. The van der Waals surface area contributed by atoms with Crippen molar-refractivity contribution >= 4 is 39.4 Å². The van der Waals surface area contributed by atoms with Crippen LogP contribution < -0.4 is 19.6 Å². The summed E-state index contributed by atoms with van der Waals surface area (Å²) >= 11 is 1.34. The Morgan fingerprint density at radius 3 is 2.76 bits per heavy atom. The number of methoxy groups -OCH3 is 1. The molecule has 2 aromatic heterocycles. The highest BCUT2D eigenvalue weighted by atomic mass is 32.1. The number of carboxylic acid groups (broad SMARTS) is 1. The van der Waals surface area contributed by atoms with E-state index >= 15 is 0 Å². The summed E-state index contributed by atoms with van der Waals surface area (Å²) in [5, 5.41) is 9.14. The van der Waals surface area contributed by atoms with Gasteiger partial charge in [-0.05, 0) is 53.6 Å². The highest BCUT2D eigenvalue weighted by molar-refractivity contribution is 7.15. The van der Waals surface area contributed by atoms with Crippen LogP contribution in [-0.4, -0.2) is 27.6 Å². The molecule has 0 aliphatic rings. The number of hydrogen-bond donors (Lipinski definition) is 1. The number of carboxylic acids is 1. The number of para-hydroxylation sites is 2. The topological polar surface area (TPSA) is 90.1 Å². The van der Waals surface area contributed by atoms with Crippen molar-refractivity contribution in [2.24, 2.45) is 0 Å². The average Bonchev–Trinajstić information content (AvgIpc) is 3.34. The first-order valence-corrected chi connectivity index (χ1v) is 10.9. The summed E-state index contributed by atoms with van der Waals surface area (Å²) in [4.78, 5) is 29.3. The van der Waals surface area contributed by atoms with Gasteiger partial charge in [0.05, 0.1) is 28.2 Å². The van der Waals surface area contributed by atoms with Gasteiger partial charge in [-0.25, -0.2) is 14.2 Å². The molecule has 0 radical (unpaired) electrons. The zero-order valence-corrected chi connectivity index (χ0v) is 18.3. The molecule has 5 aromatic rings. The molecule has 0 aliphatic heterocycles. The number of thiazole rings is 1. The molecule has 0 spiro atoms. The summed E-state index contributed by atoms with van der Waals surface area (Å²) in [5.74, 6) is 0.0446. The van der Waals surface area contributed by atoms with E-state index in [4.69, 9.17) is 14.6 Å². The van der Waals surface area contributed by atoms with Crippen molar-refractivity contribution in [3.63, 3.8) is 0 Å².